The Morgan fingerprint density at radius 3 is 2.77 bits per heavy atom. The smallest absolute Gasteiger partial charge is 0.128 e. The van der Waals surface area contributed by atoms with E-state index in [4.69, 9.17) is 5.73 Å². The Bertz CT molecular complexity index is 276. The third-order valence-electron chi connectivity index (χ3n) is 1.92. The number of nitrogens with two attached hydrogens (primary N) is 1. The van der Waals surface area contributed by atoms with Gasteiger partial charge in [0.1, 0.15) is 5.82 Å². The summed E-state index contributed by atoms with van der Waals surface area (Å²) in [4.78, 5) is 4.20. The van der Waals surface area contributed by atoms with Crippen molar-refractivity contribution in [2.75, 3.05) is 11.6 Å². The van der Waals surface area contributed by atoms with Gasteiger partial charge in [0.2, 0.25) is 0 Å². The predicted octanol–water partition coefficient (Wildman–Crippen LogP) is 1.26. The molecule has 0 bridgehead atoms. The lowest BCUT2D eigenvalue weighted by molar-refractivity contribution is 0.790. The van der Waals surface area contributed by atoms with Crippen molar-refractivity contribution in [2.24, 2.45) is 0 Å². The van der Waals surface area contributed by atoms with E-state index < -0.39 is 0 Å². The summed E-state index contributed by atoms with van der Waals surface area (Å²) in [6.07, 6.45) is 0. The first-order chi connectivity index (χ1) is 6.15. The molecule has 0 spiro atoms. The highest BCUT2D eigenvalue weighted by Crippen LogP contribution is 2.15. The Kier molecular flexibility index (Phi) is 3.57. The minimum absolute atomic E-state index is 0.617. The van der Waals surface area contributed by atoms with Crippen molar-refractivity contribution in [1.82, 2.24) is 10.3 Å². The monoisotopic (exact) mass is 197 g/mol. The van der Waals surface area contributed by atoms with Gasteiger partial charge in [0.25, 0.3) is 0 Å². The number of nitrogens with zero attached hydrogens (tertiary/aromatic N) is 1. The van der Waals surface area contributed by atoms with E-state index in [1.807, 2.05) is 19.9 Å². The van der Waals surface area contributed by atoms with Crippen LogP contribution in [0.2, 0.25) is 0 Å². The molecule has 1 rings (SSSR count). The van der Waals surface area contributed by atoms with Crippen molar-refractivity contribution < 1.29 is 0 Å². The van der Waals surface area contributed by atoms with E-state index in [9.17, 15) is 0 Å². The number of nitrogens with one attached hydrogen (secondary N) is 1. The molecule has 0 saturated heterocycles. The van der Waals surface area contributed by atoms with Crippen LogP contribution in [0, 0.1) is 13.8 Å². The third-order valence-corrected chi connectivity index (χ3v) is 2.14. The Hall–Kier alpha value is -0.740. The van der Waals surface area contributed by atoms with Crippen LogP contribution in [0.1, 0.15) is 16.8 Å². The number of anilines is 1. The number of aromatic nitrogens is 1. The molecule has 0 aliphatic rings. The van der Waals surface area contributed by atoms with Gasteiger partial charge < -0.3 is 11.1 Å². The number of thiol groups is 1. The second-order valence-electron chi connectivity index (χ2n) is 3.03. The second-order valence-corrected chi connectivity index (χ2v) is 3.35. The molecule has 0 atom stereocenters. The van der Waals surface area contributed by atoms with Gasteiger partial charge in [0.15, 0.2) is 0 Å². The van der Waals surface area contributed by atoms with E-state index in [0.29, 0.717) is 11.7 Å². The third kappa shape index (κ3) is 2.60. The summed E-state index contributed by atoms with van der Waals surface area (Å²) in [5.41, 5.74) is 9.00. The Balaban J connectivity index is 2.92. The number of rotatable bonds is 3. The molecule has 4 heteroatoms. The van der Waals surface area contributed by atoms with Crippen molar-refractivity contribution in [2.45, 2.75) is 20.4 Å². The van der Waals surface area contributed by atoms with Crippen LogP contribution in [0.3, 0.4) is 0 Å². The molecule has 1 heterocycles. The van der Waals surface area contributed by atoms with Gasteiger partial charge in [-0.25, -0.2) is 4.98 Å². The van der Waals surface area contributed by atoms with Gasteiger partial charge in [-0.05, 0) is 25.5 Å². The molecule has 3 nitrogen and oxygen atoms in total. The van der Waals surface area contributed by atoms with Crippen LogP contribution in [0.5, 0.6) is 0 Å². The first-order valence-electron chi connectivity index (χ1n) is 4.19. The zero-order valence-corrected chi connectivity index (χ0v) is 8.86. The molecule has 0 saturated carbocycles. The fourth-order valence-corrected chi connectivity index (χ4v) is 1.41. The Morgan fingerprint density at radius 1 is 1.54 bits per heavy atom. The maximum Gasteiger partial charge on any atom is 0.128 e. The van der Waals surface area contributed by atoms with Crippen molar-refractivity contribution in [1.29, 1.82) is 0 Å². The fraction of sp³-hybridized carbons (Fsp3) is 0.444. The van der Waals surface area contributed by atoms with Gasteiger partial charge in [0, 0.05) is 23.7 Å². The van der Waals surface area contributed by atoms with Gasteiger partial charge in [-0.15, -0.1) is 0 Å². The van der Waals surface area contributed by atoms with Crippen molar-refractivity contribution in [3.63, 3.8) is 0 Å². The van der Waals surface area contributed by atoms with E-state index in [1.165, 1.54) is 5.56 Å². The zero-order chi connectivity index (χ0) is 9.84. The quantitative estimate of drug-likeness (QED) is 0.505. The van der Waals surface area contributed by atoms with Crippen LogP contribution in [0.25, 0.3) is 0 Å². The molecule has 3 N–H and O–H groups in total. The molecule has 0 radical (unpaired) electrons. The average Bonchev–Trinajstić information content (AvgIpc) is 2.02. The lowest BCUT2D eigenvalue weighted by Crippen LogP contribution is -2.14. The van der Waals surface area contributed by atoms with Gasteiger partial charge in [-0.2, -0.15) is 12.6 Å². The number of aryl methyl sites for hydroxylation is 2. The highest BCUT2D eigenvalue weighted by molar-refractivity contribution is 7.80. The van der Waals surface area contributed by atoms with Crippen LogP contribution in [-0.4, -0.2) is 10.9 Å². The molecule has 1 aromatic heterocycles. The molecule has 0 fully saturated rings. The van der Waals surface area contributed by atoms with Gasteiger partial charge in [0.05, 0.1) is 0 Å². The Morgan fingerprint density at radius 2 is 2.23 bits per heavy atom. The largest absolute Gasteiger partial charge is 0.383 e. The van der Waals surface area contributed by atoms with E-state index in [2.05, 4.69) is 22.9 Å². The van der Waals surface area contributed by atoms with E-state index >= 15 is 0 Å². The highest BCUT2D eigenvalue weighted by Gasteiger charge is 2.04. The van der Waals surface area contributed by atoms with Gasteiger partial charge >= 0.3 is 0 Å². The molecule has 0 aromatic carbocycles. The van der Waals surface area contributed by atoms with Crippen molar-refractivity contribution in [3.05, 3.63) is 22.9 Å². The number of hydrogen-bond donors (Lipinski definition) is 3. The molecular weight excluding hydrogens is 182 g/mol. The molecule has 1 aromatic rings. The topological polar surface area (TPSA) is 50.9 Å². The molecule has 13 heavy (non-hydrogen) atoms. The number of hydrogen-bond acceptors (Lipinski definition) is 4. The zero-order valence-electron chi connectivity index (χ0n) is 7.96. The molecular formula is C9H15N3S. The van der Waals surface area contributed by atoms with E-state index in [0.717, 1.165) is 17.8 Å². The standard InChI is InChI=1S/C9H15N3S/c1-6-3-7(2)12-9(10)8(6)4-11-5-13/h3,11,13H,4-5H2,1-2H3,(H2,10,12). The van der Waals surface area contributed by atoms with Crippen LogP contribution in [-0.2, 0) is 6.54 Å². The first kappa shape index (κ1) is 10.3. The summed E-state index contributed by atoms with van der Waals surface area (Å²) in [5.74, 6) is 1.26. The highest BCUT2D eigenvalue weighted by atomic mass is 32.1. The molecule has 0 aliphatic carbocycles. The maximum absolute atomic E-state index is 5.79. The molecule has 72 valence electrons. The SMILES string of the molecule is Cc1cc(C)c(CNCS)c(N)n1. The second kappa shape index (κ2) is 4.48. The lowest BCUT2D eigenvalue weighted by Gasteiger charge is -2.09. The molecule has 0 unspecified atom stereocenters. The van der Waals surface area contributed by atoms with Gasteiger partial charge in [-0.1, -0.05) is 0 Å². The number of pyridine rings is 1. The minimum atomic E-state index is 0.617. The lowest BCUT2D eigenvalue weighted by atomic mass is 10.1. The number of nitrogen functional groups attached to an aromatic ring is 1. The summed E-state index contributed by atoms with van der Waals surface area (Å²) >= 11 is 4.07. The summed E-state index contributed by atoms with van der Waals surface area (Å²) in [5, 5.41) is 3.11. The van der Waals surface area contributed by atoms with Crippen LogP contribution in [0.15, 0.2) is 6.07 Å². The predicted molar refractivity (Wildman–Crippen MR) is 58.8 cm³/mol. The Labute approximate surface area is 84.2 Å². The van der Waals surface area contributed by atoms with Crippen molar-refractivity contribution >= 4 is 18.4 Å². The van der Waals surface area contributed by atoms with Crippen LogP contribution in [0.4, 0.5) is 5.82 Å². The minimum Gasteiger partial charge on any atom is -0.383 e. The van der Waals surface area contributed by atoms with Crippen LogP contribution >= 0.6 is 12.6 Å². The molecule has 0 aliphatic heterocycles. The van der Waals surface area contributed by atoms with Gasteiger partial charge in [-0.3, -0.25) is 0 Å². The first-order valence-corrected chi connectivity index (χ1v) is 4.82. The van der Waals surface area contributed by atoms with E-state index in [-0.39, 0.29) is 0 Å². The van der Waals surface area contributed by atoms with E-state index in [1.54, 1.807) is 0 Å². The summed E-state index contributed by atoms with van der Waals surface area (Å²) in [7, 11) is 0. The maximum atomic E-state index is 5.79. The molecule has 0 amide bonds. The van der Waals surface area contributed by atoms with Crippen LogP contribution < -0.4 is 11.1 Å². The van der Waals surface area contributed by atoms with Crippen molar-refractivity contribution in [3.8, 4) is 0 Å². The normalized spacial score (nSPS) is 10.4. The summed E-state index contributed by atoms with van der Waals surface area (Å²) in [6.45, 7) is 4.72. The fourth-order valence-electron chi connectivity index (χ4n) is 1.30. The summed E-state index contributed by atoms with van der Waals surface area (Å²) in [6, 6.07) is 2.03. The average molecular weight is 197 g/mol. The summed E-state index contributed by atoms with van der Waals surface area (Å²) < 4.78 is 0.